The highest BCUT2D eigenvalue weighted by Crippen LogP contribution is 2.40. The van der Waals surface area contributed by atoms with Gasteiger partial charge in [-0.3, -0.25) is 0 Å². The van der Waals surface area contributed by atoms with E-state index in [0.717, 1.165) is 43.7 Å². The second kappa shape index (κ2) is 5.55. The van der Waals surface area contributed by atoms with Gasteiger partial charge in [0.1, 0.15) is 0 Å². The number of benzene rings is 1. The third-order valence-corrected chi connectivity index (χ3v) is 5.93. The minimum atomic E-state index is -0.0908. The number of nitrogens with one attached hydrogen (secondary N) is 2. The van der Waals surface area contributed by atoms with Gasteiger partial charge in [0.15, 0.2) is 0 Å². The van der Waals surface area contributed by atoms with Crippen LogP contribution in [0.4, 0.5) is 5.95 Å². The van der Waals surface area contributed by atoms with Crippen molar-refractivity contribution < 1.29 is 0 Å². The lowest BCUT2D eigenvalue weighted by Crippen LogP contribution is -2.45. The summed E-state index contributed by atoms with van der Waals surface area (Å²) in [6.07, 6.45) is 7.21. The summed E-state index contributed by atoms with van der Waals surface area (Å²) in [6, 6.07) is 6.81. The number of fused-ring (bicyclic) bond motifs is 2. The molecule has 0 amide bonds. The van der Waals surface area contributed by atoms with Crippen LogP contribution in [0.15, 0.2) is 24.4 Å². The Hall–Kier alpha value is -2.40. The van der Waals surface area contributed by atoms with E-state index in [1.54, 1.807) is 0 Å². The van der Waals surface area contributed by atoms with Gasteiger partial charge in [-0.2, -0.15) is 0 Å². The molecule has 0 spiro atoms. The van der Waals surface area contributed by atoms with Gasteiger partial charge in [0.2, 0.25) is 5.95 Å². The predicted octanol–water partition coefficient (Wildman–Crippen LogP) is 3.91. The van der Waals surface area contributed by atoms with Crippen LogP contribution in [-0.4, -0.2) is 26.5 Å². The van der Waals surface area contributed by atoms with Crippen molar-refractivity contribution in [1.82, 2.24) is 15.0 Å². The van der Waals surface area contributed by atoms with Crippen LogP contribution >= 0.6 is 0 Å². The summed E-state index contributed by atoms with van der Waals surface area (Å²) in [5.41, 5.74) is 13.5. The molecule has 1 aromatic carbocycles. The van der Waals surface area contributed by atoms with Crippen LogP contribution in [0.3, 0.4) is 0 Å². The number of aryl methyl sites for hydroxylation is 1. The lowest BCUT2D eigenvalue weighted by Gasteiger charge is -2.35. The Balaban J connectivity index is 1.54. The molecule has 0 saturated heterocycles. The van der Waals surface area contributed by atoms with Crippen molar-refractivity contribution in [3.05, 3.63) is 41.2 Å². The third kappa shape index (κ3) is 2.50. The van der Waals surface area contributed by atoms with Gasteiger partial charge in [0, 0.05) is 51.9 Å². The van der Waals surface area contributed by atoms with Gasteiger partial charge >= 0.3 is 0 Å². The minimum absolute atomic E-state index is 0.0908. The average molecular weight is 347 g/mol. The maximum atomic E-state index is 6.36. The van der Waals surface area contributed by atoms with Crippen molar-refractivity contribution >= 4 is 16.9 Å². The van der Waals surface area contributed by atoms with Crippen LogP contribution < -0.4 is 11.1 Å². The number of aromatic nitrogens is 3. The van der Waals surface area contributed by atoms with E-state index in [0.29, 0.717) is 6.04 Å². The quantitative estimate of drug-likeness (QED) is 0.514. The Morgan fingerprint density at radius 1 is 1.31 bits per heavy atom. The minimum Gasteiger partial charge on any atom is -0.358 e. The number of H-pyrrole nitrogens is 1. The first kappa shape index (κ1) is 15.8. The number of aromatic amines is 1. The number of hydrogen-bond acceptors (Lipinski definition) is 4. The van der Waals surface area contributed by atoms with E-state index in [4.69, 9.17) is 10.7 Å². The lowest BCUT2D eigenvalue weighted by atomic mass is 9.81. The van der Waals surface area contributed by atoms with E-state index in [-0.39, 0.29) is 5.54 Å². The monoisotopic (exact) mass is 347 g/mol. The van der Waals surface area contributed by atoms with E-state index in [1.807, 2.05) is 6.20 Å². The van der Waals surface area contributed by atoms with Crippen LogP contribution in [-0.2, 0) is 6.42 Å². The van der Waals surface area contributed by atoms with Gasteiger partial charge in [-0.25, -0.2) is 9.97 Å². The van der Waals surface area contributed by atoms with Crippen molar-refractivity contribution in [2.24, 2.45) is 5.73 Å². The average Bonchev–Trinajstić information content (AvgIpc) is 2.93. The fourth-order valence-electron chi connectivity index (χ4n) is 4.75. The van der Waals surface area contributed by atoms with Crippen LogP contribution in [0.5, 0.6) is 0 Å². The summed E-state index contributed by atoms with van der Waals surface area (Å²) >= 11 is 0. The summed E-state index contributed by atoms with van der Waals surface area (Å²) < 4.78 is 0. The zero-order chi connectivity index (χ0) is 17.9. The number of anilines is 1. The maximum absolute atomic E-state index is 6.36. The highest BCUT2D eigenvalue weighted by molar-refractivity contribution is 6.01. The molecule has 1 saturated carbocycles. The van der Waals surface area contributed by atoms with Gasteiger partial charge in [-0.1, -0.05) is 12.1 Å². The smallest absolute Gasteiger partial charge is 0.223 e. The molecule has 0 radical (unpaired) electrons. The van der Waals surface area contributed by atoms with Crippen molar-refractivity contribution in [1.29, 1.82) is 0 Å². The van der Waals surface area contributed by atoms with Crippen LogP contribution in [0.25, 0.3) is 22.2 Å². The van der Waals surface area contributed by atoms with Crippen molar-refractivity contribution in [2.45, 2.75) is 57.5 Å². The number of hydrogen-bond donors (Lipinski definition) is 3. The Kier molecular flexibility index (Phi) is 3.38. The third-order valence-electron chi connectivity index (χ3n) is 5.93. The Bertz CT molecular complexity index is 1000. The standard InChI is InChI=1S/C21H25N5/c1-12-17-18-13(5-3-7-16(18)24-12)9-14-11-23-20(26-19(14)17)25-15-6-4-8-21(2,22)10-15/h3,5,7,11,15,24H,4,6,8-10,22H2,1-2H3,(H,23,25,26)/t15-,21+/m1/s1. The molecule has 0 unspecified atom stereocenters. The first-order valence-electron chi connectivity index (χ1n) is 9.52. The maximum Gasteiger partial charge on any atom is 0.223 e. The molecule has 2 aliphatic rings. The Labute approximate surface area is 153 Å². The van der Waals surface area contributed by atoms with E-state index in [1.165, 1.54) is 33.3 Å². The molecule has 26 heavy (non-hydrogen) atoms. The van der Waals surface area contributed by atoms with Gasteiger partial charge in [0.05, 0.1) is 5.69 Å². The molecule has 2 atom stereocenters. The summed E-state index contributed by atoms with van der Waals surface area (Å²) in [6.45, 7) is 4.27. The SMILES string of the molecule is Cc1[nH]c2cccc3c2c1-c1nc(N[C@@H]2CCC[C@](C)(N)C2)ncc1C3. The molecule has 0 bridgehead atoms. The number of rotatable bonds is 2. The summed E-state index contributed by atoms with van der Waals surface area (Å²) in [7, 11) is 0. The number of nitrogens with zero attached hydrogens (tertiary/aromatic N) is 2. The fourth-order valence-corrected chi connectivity index (χ4v) is 4.75. The van der Waals surface area contributed by atoms with E-state index in [2.05, 4.69) is 47.3 Å². The summed E-state index contributed by atoms with van der Waals surface area (Å²) in [5.74, 6) is 0.722. The molecule has 5 heteroatoms. The van der Waals surface area contributed by atoms with Gasteiger partial charge < -0.3 is 16.0 Å². The van der Waals surface area contributed by atoms with Crippen molar-refractivity contribution in [3.8, 4) is 11.3 Å². The molecule has 5 rings (SSSR count). The van der Waals surface area contributed by atoms with Gasteiger partial charge in [0.25, 0.3) is 0 Å². The van der Waals surface area contributed by atoms with E-state index >= 15 is 0 Å². The molecule has 3 aromatic rings. The highest BCUT2D eigenvalue weighted by atomic mass is 15.1. The summed E-state index contributed by atoms with van der Waals surface area (Å²) in [4.78, 5) is 13.1. The molecule has 5 nitrogen and oxygen atoms in total. The molecule has 2 aliphatic carbocycles. The first-order valence-corrected chi connectivity index (χ1v) is 9.52. The number of nitrogens with two attached hydrogens (primary N) is 1. The topological polar surface area (TPSA) is 79.6 Å². The highest BCUT2D eigenvalue weighted by Gasteiger charge is 2.29. The predicted molar refractivity (Wildman–Crippen MR) is 105 cm³/mol. The second-order valence-corrected chi connectivity index (χ2v) is 8.30. The van der Waals surface area contributed by atoms with Gasteiger partial charge in [-0.15, -0.1) is 0 Å². The van der Waals surface area contributed by atoms with E-state index < -0.39 is 0 Å². The fraction of sp³-hybridized carbons (Fsp3) is 0.429. The molecule has 2 aromatic heterocycles. The molecule has 1 fully saturated rings. The van der Waals surface area contributed by atoms with Crippen LogP contribution in [0, 0.1) is 6.92 Å². The zero-order valence-corrected chi connectivity index (χ0v) is 15.4. The van der Waals surface area contributed by atoms with Crippen molar-refractivity contribution in [3.63, 3.8) is 0 Å². The van der Waals surface area contributed by atoms with Gasteiger partial charge in [-0.05, 0) is 51.2 Å². The second-order valence-electron chi connectivity index (χ2n) is 8.30. The molecular weight excluding hydrogens is 322 g/mol. The molecule has 134 valence electrons. The zero-order valence-electron chi connectivity index (χ0n) is 15.4. The Morgan fingerprint density at radius 2 is 2.19 bits per heavy atom. The van der Waals surface area contributed by atoms with Crippen molar-refractivity contribution in [2.75, 3.05) is 5.32 Å². The Morgan fingerprint density at radius 3 is 3.04 bits per heavy atom. The summed E-state index contributed by atoms with van der Waals surface area (Å²) in [5, 5.41) is 4.86. The van der Waals surface area contributed by atoms with Crippen LogP contribution in [0.1, 0.15) is 49.4 Å². The lowest BCUT2D eigenvalue weighted by molar-refractivity contribution is 0.302. The molecular formula is C21H25N5. The normalized spacial score (nSPS) is 24.5. The molecule has 2 heterocycles. The molecule has 0 aliphatic heterocycles. The first-order chi connectivity index (χ1) is 12.5. The van der Waals surface area contributed by atoms with Crippen LogP contribution in [0.2, 0.25) is 0 Å². The largest absolute Gasteiger partial charge is 0.358 e. The molecule has 4 N–H and O–H groups in total. The van der Waals surface area contributed by atoms with E-state index in [9.17, 15) is 0 Å².